The van der Waals surface area contributed by atoms with Crippen LogP contribution in [0.25, 0.3) is 0 Å². The lowest BCUT2D eigenvalue weighted by atomic mass is 11.7. The summed E-state index contributed by atoms with van der Waals surface area (Å²) in [6, 6.07) is 0. The van der Waals surface area contributed by atoms with Crippen LogP contribution in [0.5, 0.6) is 0 Å². The molecule has 0 amide bonds. The van der Waals surface area contributed by atoms with Crippen LogP contribution in [0.3, 0.4) is 0 Å². The van der Waals surface area contributed by atoms with Crippen LogP contribution in [-0.4, -0.2) is 52.0 Å². The quantitative estimate of drug-likeness (QED) is 0.615. The van der Waals surface area contributed by atoms with Gasteiger partial charge in [0.25, 0.3) is 0 Å². The number of hydrogen-bond acceptors (Lipinski definition) is 5. The van der Waals surface area contributed by atoms with Crippen molar-refractivity contribution in [3.05, 3.63) is 0 Å². The minimum absolute atomic E-state index is 0.323. The molecule has 0 saturated carbocycles. The highest BCUT2D eigenvalue weighted by Gasteiger charge is 2.41. The van der Waals surface area contributed by atoms with E-state index in [1.54, 1.807) is 28.4 Å². The summed E-state index contributed by atoms with van der Waals surface area (Å²) in [5.41, 5.74) is 0. The first-order valence-corrected chi connectivity index (χ1v) is 9.04. The molecule has 0 unspecified atom stereocenters. The predicted octanol–water partition coefficient (Wildman–Crippen LogP) is 0.768. The van der Waals surface area contributed by atoms with Crippen LogP contribution in [0.1, 0.15) is 0 Å². The standard InChI is InChI=1S/C7H20O5Si2/c1-8-13(5,6)12-7-14(9-2,10-3)11-4/h7H2,1-6H3. The van der Waals surface area contributed by atoms with E-state index in [2.05, 4.69) is 0 Å². The first kappa shape index (κ1) is 14.2. The summed E-state index contributed by atoms with van der Waals surface area (Å²) in [6.45, 7) is 3.90. The highest BCUT2D eigenvalue weighted by molar-refractivity contribution is 6.67. The summed E-state index contributed by atoms with van der Waals surface area (Å²) in [4.78, 5) is 0. The van der Waals surface area contributed by atoms with Crippen LogP contribution in [0.2, 0.25) is 13.1 Å². The molecule has 0 rings (SSSR count). The fraction of sp³-hybridized carbons (Fsp3) is 1.00. The molecule has 0 aromatic heterocycles. The fourth-order valence-electron chi connectivity index (χ4n) is 0.748. The van der Waals surface area contributed by atoms with Crippen LogP contribution in [-0.2, 0) is 22.1 Å². The molecular weight excluding hydrogens is 220 g/mol. The molecule has 0 aliphatic heterocycles. The van der Waals surface area contributed by atoms with Gasteiger partial charge in [-0.15, -0.1) is 0 Å². The summed E-state index contributed by atoms with van der Waals surface area (Å²) in [7, 11) is 1.67. The van der Waals surface area contributed by atoms with Crippen LogP contribution >= 0.6 is 0 Å². The second kappa shape index (κ2) is 5.96. The Morgan fingerprint density at radius 2 is 1.21 bits per heavy atom. The van der Waals surface area contributed by atoms with Gasteiger partial charge in [0.05, 0.1) is 0 Å². The zero-order chi connectivity index (χ0) is 11.2. The van der Waals surface area contributed by atoms with Gasteiger partial charge >= 0.3 is 17.4 Å². The Balaban J connectivity index is 4.19. The van der Waals surface area contributed by atoms with Crippen LogP contribution < -0.4 is 0 Å². The molecule has 5 nitrogen and oxygen atoms in total. The first-order chi connectivity index (χ1) is 6.45. The van der Waals surface area contributed by atoms with Crippen LogP contribution in [0.15, 0.2) is 0 Å². The van der Waals surface area contributed by atoms with E-state index >= 15 is 0 Å². The fourth-order valence-corrected chi connectivity index (χ4v) is 3.82. The van der Waals surface area contributed by atoms with E-state index in [0.29, 0.717) is 6.23 Å². The average Bonchev–Trinajstić information content (AvgIpc) is 2.21. The minimum Gasteiger partial charge on any atom is -0.398 e. The average molecular weight is 240 g/mol. The van der Waals surface area contributed by atoms with E-state index in [4.69, 9.17) is 22.1 Å². The van der Waals surface area contributed by atoms with Crippen molar-refractivity contribution in [3.63, 3.8) is 0 Å². The Bertz CT molecular complexity index is 152. The molecule has 0 aliphatic carbocycles. The predicted molar refractivity (Wildman–Crippen MR) is 57.2 cm³/mol. The third-order valence-electron chi connectivity index (χ3n) is 2.02. The monoisotopic (exact) mass is 240 g/mol. The molecule has 0 aromatic carbocycles. The molecule has 0 heterocycles. The van der Waals surface area contributed by atoms with Crippen LogP contribution in [0.4, 0.5) is 0 Å². The Hall–Kier alpha value is 0.234. The van der Waals surface area contributed by atoms with Gasteiger partial charge in [-0.3, -0.25) is 0 Å². The smallest absolute Gasteiger partial charge is 0.398 e. The summed E-state index contributed by atoms with van der Waals surface area (Å²) in [5.74, 6) is 0. The lowest BCUT2D eigenvalue weighted by molar-refractivity contribution is 0.0906. The zero-order valence-corrected chi connectivity index (χ0v) is 11.7. The van der Waals surface area contributed by atoms with Gasteiger partial charge in [0.2, 0.25) is 0 Å². The lowest BCUT2D eigenvalue weighted by Crippen LogP contribution is -2.51. The molecule has 0 N–H and O–H groups in total. The van der Waals surface area contributed by atoms with Crippen LogP contribution in [0, 0.1) is 0 Å². The second-order valence-corrected chi connectivity index (χ2v) is 9.56. The van der Waals surface area contributed by atoms with Gasteiger partial charge in [-0.05, 0) is 13.1 Å². The van der Waals surface area contributed by atoms with Crippen molar-refractivity contribution in [2.75, 3.05) is 34.7 Å². The molecule has 0 radical (unpaired) electrons. The Morgan fingerprint density at radius 3 is 1.50 bits per heavy atom. The molecule has 0 fully saturated rings. The van der Waals surface area contributed by atoms with Gasteiger partial charge in [0, 0.05) is 28.4 Å². The summed E-state index contributed by atoms with van der Waals surface area (Å²) in [5, 5.41) is 0. The number of hydrogen-bond donors (Lipinski definition) is 0. The molecule has 0 spiro atoms. The van der Waals surface area contributed by atoms with Gasteiger partial charge in [-0.25, -0.2) is 0 Å². The molecule has 0 aromatic rings. The van der Waals surface area contributed by atoms with E-state index in [1.165, 1.54) is 0 Å². The highest BCUT2D eigenvalue weighted by Crippen LogP contribution is 2.11. The zero-order valence-electron chi connectivity index (χ0n) is 9.75. The van der Waals surface area contributed by atoms with Gasteiger partial charge in [-0.2, -0.15) is 0 Å². The highest BCUT2D eigenvalue weighted by atomic mass is 28.4. The Kier molecular flexibility index (Phi) is 6.06. The number of rotatable bonds is 7. The molecule has 0 atom stereocenters. The minimum atomic E-state index is -2.61. The van der Waals surface area contributed by atoms with Gasteiger partial charge in [-0.1, -0.05) is 0 Å². The van der Waals surface area contributed by atoms with Gasteiger partial charge in [0.15, 0.2) is 0 Å². The summed E-state index contributed by atoms with van der Waals surface area (Å²) < 4.78 is 26.5. The normalized spacial score (nSPS) is 13.3. The summed E-state index contributed by atoms with van der Waals surface area (Å²) in [6.07, 6.45) is 0.323. The molecule has 86 valence electrons. The molecule has 7 heteroatoms. The van der Waals surface area contributed by atoms with E-state index in [9.17, 15) is 0 Å². The second-order valence-electron chi connectivity index (χ2n) is 3.19. The third-order valence-corrected chi connectivity index (χ3v) is 6.50. The van der Waals surface area contributed by atoms with Gasteiger partial charge in [0.1, 0.15) is 6.23 Å². The van der Waals surface area contributed by atoms with Gasteiger partial charge < -0.3 is 22.1 Å². The first-order valence-electron chi connectivity index (χ1n) is 4.30. The molecule has 0 bridgehead atoms. The van der Waals surface area contributed by atoms with Crippen molar-refractivity contribution < 1.29 is 22.1 Å². The van der Waals surface area contributed by atoms with E-state index in [1.807, 2.05) is 13.1 Å². The van der Waals surface area contributed by atoms with Crippen molar-refractivity contribution in [2.45, 2.75) is 13.1 Å². The van der Waals surface area contributed by atoms with E-state index in [-0.39, 0.29) is 0 Å². The molecule has 14 heavy (non-hydrogen) atoms. The maximum absolute atomic E-state index is 5.62. The summed E-state index contributed by atoms with van der Waals surface area (Å²) >= 11 is 0. The van der Waals surface area contributed by atoms with Crippen molar-refractivity contribution in [1.82, 2.24) is 0 Å². The van der Waals surface area contributed by atoms with E-state index < -0.39 is 17.4 Å². The van der Waals surface area contributed by atoms with Crippen molar-refractivity contribution >= 4 is 17.4 Å². The lowest BCUT2D eigenvalue weighted by Gasteiger charge is -2.28. The maximum atomic E-state index is 5.62. The Morgan fingerprint density at radius 1 is 0.786 bits per heavy atom. The van der Waals surface area contributed by atoms with Crippen molar-refractivity contribution in [1.29, 1.82) is 0 Å². The largest absolute Gasteiger partial charge is 0.526 e. The van der Waals surface area contributed by atoms with Crippen molar-refractivity contribution in [3.8, 4) is 0 Å². The molecule has 0 aliphatic rings. The Labute approximate surface area is 87.9 Å². The SMILES string of the molecule is CO[Si](C)(C)OC[Si](OC)(OC)OC. The van der Waals surface area contributed by atoms with E-state index in [0.717, 1.165) is 0 Å². The molecule has 0 saturated heterocycles. The third kappa shape index (κ3) is 4.17. The molecular formula is C7H20O5Si2. The topological polar surface area (TPSA) is 46.2 Å². The maximum Gasteiger partial charge on any atom is 0.526 e. The van der Waals surface area contributed by atoms with Crippen molar-refractivity contribution in [2.24, 2.45) is 0 Å².